The van der Waals surface area contributed by atoms with Crippen LogP contribution >= 0.6 is 0 Å². The summed E-state index contributed by atoms with van der Waals surface area (Å²) in [5.74, 6) is -2.94. The molecule has 7 heteroatoms. The molecule has 0 amide bonds. The first-order valence-electron chi connectivity index (χ1n) is 6.89. The Kier molecular flexibility index (Phi) is 6.33. The van der Waals surface area contributed by atoms with Gasteiger partial charge < -0.3 is 25.2 Å². The fraction of sp³-hybridized carbons (Fsp3) is 0.467. The van der Waals surface area contributed by atoms with Crippen LogP contribution < -0.4 is 0 Å². The van der Waals surface area contributed by atoms with Gasteiger partial charge in [0.15, 0.2) is 6.10 Å². The van der Waals surface area contributed by atoms with Gasteiger partial charge in [0, 0.05) is 6.42 Å². The van der Waals surface area contributed by atoms with Gasteiger partial charge in [0.25, 0.3) is 0 Å². The number of ether oxygens (including phenoxy) is 1. The number of hydrogen-bond donors (Lipinski definition) is 4. The molecule has 0 aromatic heterocycles. The molecule has 1 rings (SSSR count). The molecule has 0 fully saturated rings. The number of carboxylic acids is 1. The number of aliphatic hydroxyl groups excluding tert-OH is 1. The Balaban J connectivity index is 2.87. The Hall–Kier alpha value is -2.12. The number of unbranched alkanes of at least 4 members (excludes halogenated alkanes) is 1. The first kappa shape index (κ1) is 17.9. The molecule has 0 saturated carbocycles. The molecule has 7 nitrogen and oxygen atoms in total. The fourth-order valence-electron chi connectivity index (χ4n) is 1.81. The van der Waals surface area contributed by atoms with Crippen molar-refractivity contribution in [1.82, 2.24) is 0 Å². The normalized spacial score (nSPS) is 14.9. The number of rotatable bonds is 8. The van der Waals surface area contributed by atoms with Crippen LogP contribution in [0.15, 0.2) is 24.3 Å². The van der Waals surface area contributed by atoms with Gasteiger partial charge in [-0.3, -0.25) is 0 Å². The second-order valence-electron chi connectivity index (χ2n) is 5.00. The van der Waals surface area contributed by atoms with Gasteiger partial charge in [-0.05, 0) is 24.1 Å². The topological polar surface area (TPSA) is 124 Å². The predicted octanol–water partition coefficient (Wildman–Crippen LogP) is 0.455. The van der Waals surface area contributed by atoms with Crippen molar-refractivity contribution in [2.75, 3.05) is 6.61 Å². The number of hydrogen-bond acceptors (Lipinski definition) is 6. The van der Waals surface area contributed by atoms with Crippen LogP contribution in [0.1, 0.15) is 25.3 Å². The predicted molar refractivity (Wildman–Crippen MR) is 76.3 cm³/mol. The SMILES string of the molecule is CCCCOC(=O)[C@H](O)[C@](O)(Cc1ccc(O)cc1)C(=O)O. The Morgan fingerprint density at radius 1 is 1.27 bits per heavy atom. The number of phenols is 1. The highest BCUT2D eigenvalue weighted by Crippen LogP contribution is 2.21. The van der Waals surface area contributed by atoms with Gasteiger partial charge in [0.1, 0.15) is 5.75 Å². The molecule has 0 heterocycles. The number of benzene rings is 1. The highest BCUT2D eigenvalue weighted by atomic mass is 16.6. The molecule has 2 atom stereocenters. The van der Waals surface area contributed by atoms with E-state index in [1.54, 1.807) is 0 Å². The zero-order valence-corrected chi connectivity index (χ0v) is 12.2. The molecule has 0 saturated heterocycles. The average molecular weight is 312 g/mol. The largest absolute Gasteiger partial charge is 0.508 e. The van der Waals surface area contributed by atoms with E-state index in [1.165, 1.54) is 24.3 Å². The van der Waals surface area contributed by atoms with Gasteiger partial charge in [-0.1, -0.05) is 25.5 Å². The minimum atomic E-state index is -2.71. The molecule has 1 aromatic carbocycles. The van der Waals surface area contributed by atoms with Crippen LogP contribution in [-0.4, -0.2) is 50.7 Å². The summed E-state index contributed by atoms with van der Waals surface area (Å²) in [6, 6.07) is 5.39. The number of esters is 1. The number of carboxylic acid groups (broad SMARTS) is 1. The molecule has 0 aliphatic carbocycles. The number of phenolic OH excluding ortho intramolecular Hbond substituents is 1. The van der Waals surface area contributed by atoms with Crippen LogP contribution in [0, 0.1) is 0 Å². The number of aromatic hydroxyl groups is 1. The highest BCUT2D eigenvalue weighted by Gasteiger charge is 2.48. The van der Waals surface area contributed by atoms with Gasteiger partial charge in [-0.25, -0.2) is 9.59 Å². The van der Waals surface area contributed by atoms with E-state index in [4.69, 9.17) is 4.74 Å². The molecule has 22 heavy (non-hydrogen) atoms. The van der Waals surface area contributed by atoms with Crippen LogP contribution in [0.4, 0.5) is 0 Å². The van der Waals surface area contributed by atoms with Gasteiger partial charge in [-0.2, -0.15) is 0 Å². The summed E-state index contributed by atoms with van der Waals surface area (Å²) in [5.41, 5.74) is -2.37. The average Bonchev–Trinajstić information content (AvgIpc) is 2.48. The molecule has 0 bridgehead atoms. The molecule has 4 N–H and O–H groups in total. The third-order valence-corrected chi connectivity index (χ3v) is 3.20. The molecule has 0 unspecified atom stereocenters. The van der Waals surface area contributed by atoms with Gasteiger partial charge in [0.2, 0.25) is 5.60 Å². The van der Waals surface area contributed by atoms with E-state index in [0.717, 1.165) is 6.42 Å². The lowest BCUT2D eigenvalue weighted by atomic mass is 9.89. The van der Waals surface area contributed by atoms with Crippen molar-refractivity contribution in [1.29, 1.82) is 0 Å². The van der Waals surface area contributed by atoms with Crippen LogP contribution in [0.5, 0.6) is 5.75 Å². The summed E-state index contributed by atoms with van der Waals surface area (Å²) in [4.78, 5) is 23.0. The second-order valence-corrected chi connectivity index (χ2v) is 5.00. The van der Waals surface area contributed by atoms with E-state index < -0.39 is 30.1 Å². The lowest BCUT2D eigenvalue weighted by molar-refractivity contribution is -0.186. The van der Waals surface area contributed by atoms with Gasteiger partial charge in [0.05, 0.1) is 6.61 Å². The molecular formula is C15H20O7. The summed E-state index contributed by atoms with van der Waals surface area (Å²) in [7, 11) is 0. The van der Waals surface area contributed by atoms with E-state index in [2.05, 4.69) is 0 Å². The lowest BCUT2D eigenvalue weighted by Gasteiger charge is -2.27. The number of aliphatic hydroxyl groups is 2. The number of carbonyl (C=O) groups excluding carboxylic acids is 1. The summed E-state index contributed by atoms with van der Waals surface area (Å²) >= 11 is 0. The second kappa shape index (κ2) is 7.77. The summed E-state index contributed by atoms with van der Waals surface area (Å²) in [6.45, 7) is 1.92. The quantitative estimate of drug-likeness (QED) is 0.406. The Morgan fingerprint density at radius 3 is 2.36 bits per heavy atom. The zero-order chi connectivity index (χ0) is 16.8. The van der Waals surface area contributed by atoms with Crippen LogP contribution in [0.25, 0.3) is 0 Å². The van der Waals surface area contributed by atoms with E-state index >= 15 is 0 Å². The molecular weight excluding hydrogens is 292 g/mol. The maximum atomic E-state index is 11.7. The van der Waals surface area contributed by atoms with Crippen molar-refractivity contribution in [3.8, 4) is 5.75 Å². The molecule has 1 aromatic rings. The Morgan fingerprint density at radius 2 is 1.86 bits per heavy atom. The van der Waals surface area contributed by atoms with Crippen LogP contribution in [0.2, 0.25) is 0 Å². The molecule has 122 valence electrons. The monoisotopic (exact) mass is 312 g/mol. The van der Waals surface area contributed by atoms with E-state index in [1.807, 2.05) is 6.92 Å². The zero-order valence-electron chi connectivity index (χ0n) is 12.2. The van der Waals surface area contributed by atoms with E-state index in [-0.39, 0.29) is 12.4 Å². The minimum absolute atomic E-state index is 0.0258. The Bertz CT molecular complexity index is 511. The molecule has 0 aliphatic rings. The minimum Gasteiger partial charge on any atom is -0.508 e. The van der Waals surface area contributed by atoms with Crippen LogP contribution in [-0.2, 0) is 20.7 Å². The summed E-state index contributed by atoms with van der Waals surface area (Å²) in [5, 5.41) is 38.4. The Labute approximate surface area is 127 Å². The maximum absolute atomic E-state index is 11.7. The van der Waals surface area contributed by atoms with E-state index in [9.17, 15) is 30.0 Å². The molecule has 0 spiro atoms. The first-order valence-corrected chi connectivity index (χ1v) is 6.89. The van der Waals surface area contributed by atoms with Crippen molar-refractivity contribution < 1.29 is 34.8 Å². The summed E-state index contributed by atoms with van der Waals surface area (Å²) in [6.07, 6.45) is -1.38. The number of aliphatic carboxylic acids is 1. The highest BCUT2D eigenvalue weighted by molar-refractivity contribution is 5.88. The molecule has 0 aliphatic heterocycles. The van der Waals surface area contributed by atoms with Crippen molar-refractivity contribution in [3.05, 3.63) is 29.8 Å². The van der Waals surface area contributed by atoms with Crippen LogP contribution in [0.3, 0.4) is 0 Å². The third-order valence-electron chi connectivity index (χ3n) is 3.20. The van der Waals surface area contributed by atoms with Crippen molar-refractivity contribution in [2.24, 2.45) is 0 Å². The van der Waals surface area contributed by atoms with Gasteiger partial charge >= 0.3 is 11.9 Å². The standard InChI is InChI=1S/C15H20O7/c1-2-3-8-22-13(18)12(17)15(21,14(19)20)9-10-4-6-11(16)7-5-10/h4-7,12,16-17,21H,2-3,8-9H2,1H3,(H,19,20)/t12-,15+/m0/s1. The first-order chi connectivity index (χ1) is 10.3. The van der Waals surface area contributed by atoms with Crippen molar-refractivity contribution in [3.63, 3.8) is 0 Å². The van der Waals surface area contributed by atoms with Crippen molar-refractivity contribution in [2.45, 2.75) is 37.9 Å². The molecule has 0 radical (unpaired) electrons. The fourth-order valence-corrected chi connectivity index (χ4v) is 1.81. The lowest BCUT2D eigenvalue weighted by Crippen LogP contribution is -2.55. The smallest absolute Gasteiger partial charge is 0.339 e. The van der Waals surface area contributed by atoms with Gasteiger partial charge in [-0.15, -0.1) is 0 Å². The summed E-state index contributed by atoms with van der Waals surface area (Å²) < 4.78 is 4.75. The third kappa shape index (κ3) is 4.44. The maximum Gasteiger partial charge on any atom is 0.339 e. The van der Waals surface area contributed by atoms with E-state index in [0.29, 0.717) is 12.0 Å². The van der Waals surface area contributed by atoms with Crippen molar-refractivity contribution >= 4 is 11.9 Å². The number of carbonyl (C=O) groups is 2.